The summed E-state index contributed by atoms with van der Waals surface area (Å²) in [4.78, 5) is 26.7. The molecule has 1 aliphatic rings. The number of carbonyl (C=O) groups excluding carboxylic acids is 2. The highest BCUT2D eigenvalue weighted by molar-refractivity contribution is 8.18. The van der Waals surface area contributed by atoms with Gasteiger partial charge in [-0.3, -0.25) is 14.5 Å². The molecular weight excluding hydrogens is 377 g/mol. The van der Waals surface area contributed by atoms with Crippen LogP contribution in [0.5, 0.6) is 5.75 Å². The largest absolute Gasteiger partial charge is 0.496 e. The second-order valence-corrected chi connectivity index (χ2v) is 7.29. The number of imide groups is 1. The zero-order chi connectivity index (χ0) is 19.7. The first-order valence-electron chi connectivity index (χ1n) is 8.62. The smallest absolute Gasteiger partial charge is 0.293 e. The van der Waals surface area contributed by atoms with Gasteiger partial charge in [-0.05, 0) is 52.4 Å². The summed E-state index contributed by atoms with van der Waals surface area (Å²) in [7, 11) is 1.57. The number of thioether (sulfide) groups is 1. The highest BCUT2D eigenvalue weighted by atomic mass is 32.2. The Labute approximate surface area is 165 Å². The Hall–Kier alpha value is -3.12. The van der Waals surface area contributed by atoms with Crippen molar-refractivity contribution in [2.75, 3.05) is 7.11 Å². The van der Waals surface area contributed by atoms with Gasteiger partial charge in [-0.1, -0.05) is 42.5 Å². The summed E-state index contributed by atoms with van der Waals surface area (Å²) in [6, 6.07) is 17.3. The van der Waals surface area contributed by atoms with Crippen molar-refractivity contribution in [1.29, 1.82) is 0 Å². The lowest BCUT2D eigenvalue weighted by Crippen LogP contribution is -2.27. The molecule has 0 aliphatic carbocycles. The molecule has 3 aromatic rings. The minimum atomic E-state index is -0.366. The fourth-order valence-electron chi connectivity index (χ4n) is 3.14. The molecule has 6 heteroatoms. The lowest BCUT2D eigenvalue weighted by Gasteiger charge is -2.12. The minimum Gasteiger partial charge on any atom is -0.496 e. The highest BCUT2D eigenvalue weighted by Gasteiger charge is 2.35. The number of carbonyl (C=O) groups is 2. The molecule has 0 atom stereocenters. The van der Waals surface area contributed by atoms with Crippen LogP contribution in [-0.2, 0) is 11.3 Å². The molecule has 1 aliphatic heterocycles. The standard InChI is InChI=1S/C22H16FNO3S/c1-27-19-11-8-15-4-2-3-5-17(15)18(19)12-20-21(25)24(22(26)28-20)13-14-6-9-16(23)10-7-14/h2-12H,13H2,1H3/b20-12+. The van der Waals surface area contributed by atoms with Crippen LogP contribution in [0.2, 0.25) is 0 Å². The van der Waals surface area contributed by atoms with Gasteiger partial charge in [-0.2, -0.15) is 0 Å². The van der Waals surface area contributed by atoms with E-state index in [2.05, 4.69) is 0 Å². The summed E-state index contributed by atoms with van der Waals surface area (Å²) >= 11 is 0.896. The fourth-order valence-corrected chi connectivity index (χ4v) is 3.96. The number of rotatable bonds is 4. The predicted molar refractivity (Wildman–Crippen MR) is 108 cm³/mol. The van der Waals surface area contributed by atoms with Crippen LogP contribution in [-0.4, -0.2) is 23.2 Å². The van der Waals surface area contributed by atoms with Crippen molar-refractivity contribution in [3.8, 4) is 5.75 Å². The topological polar surface area (TPSA) is 46.6 Å². The van der Waals surface area contributed by atoms with Gasteiger partial charge < -0.3 is 4.74 Å². The van der Waals surface area contributed by atoms with E-state index in [-0.39, 0.29) is 23.5 Å². The van der Waals surface area contributed by atoms with Gasteiger partial charge >= 0.3 is 0 Å². The number of hydrogen-bond acceptors (Lipinski definition) is 4. The van der Waals surface area contributed by atoms with Crippen LogP contribution in [0.3, 0.4) is 0 Å². The van der Waals surface area contributed by atoms with E-state index in [1.165, 1.54) is 17.0 Å². The van der Waals surface area contributed by atoms with E-state index in [1.807, 2.05) is 36.4 Å². The van der Waals surface area contributed by atoms with E-state index < -0.39 is 0 Å². The predicted octanol–water partition coefficient (Wildman–Crippen LogP) is 5.22. The summed E-state index contributed by atoms with van der Waals surface area (Å²) in [6.45, 7) is 0.106. The molecule has 0 bridgehead atoms. The van der Waals surface area contributed by atoms with Gasteiger partial charge in [0, 0.05) is 5.56 Å². The molecule has 3 aromatic carbocycles. The van der Waals surface area contributed by atoms with Crippen LogP contribution < -0.4 is 4.74 Å². The third-order valence-electron chi connectivity index (χ3n) is 4.55. The van der Waals surface area contributed by atoms with E-state index >= 15 is 0 Å². The number of hydrogen-bond donors (Lipinski definition) is 0. The average Bonchev–Trinajstić information content (AvgIpc) is 2.97. The van der Waals surface area contributed by atoms with E-state index in [9.17, 15) is 14.0 Å². The van der Waals surface area contributed by atoms with Crippen LogP contribution in [0.4, 0.5) is 9.18 Å². The van der Waals surface area contributed by atoms with Crippen molar-refractivity contribution in [2.24, 2.45) is 0 Å². The molecule has 0 saturated carbocycles. The van der Waals surface area contributed by atoms with E-state index in [0.29, 0.717) is 16.2 Å². The maximum atomic E-state index is 13.1. The normalized spacial score (nSPS) is 15.6. The summed E-state index contributed by atoms with van der Waals surface area (Å²) < 4.78 is 18.5. The summed E-state index contributed by atoms with van der Waals surface area (Å²) in [5.74, 6) is -0.0980. The van der Waals surface area contributed by atoms with Gasteiger partial charge in [0.15, 0.2) is 0 Å². The monoisotopic (exact) mass is 393 g/mol. The quantitative estimate of drug-likeness (QED) is 0.570. The Balaban J connectivity index is 1.70. The summed E-state index contributed by atoms with van der Waals surface area (Å²) in [6.07, 6.45) is 1.71. The van der Waals surface area contributed by atoms with Gasteiger partial charge in [0.05, 0.1) is 18.6 Å². The first-order chi connectivity index (χ1) is 13.6. The van der Waals surface area contributed by atoms with Gasteiger partial charge in [0.25, 0.3) is 11.1 Å². The third-order valence-corrected chi connectivity index (χ3v) is 5.46. The van der Waals surface area contributed by atoms with E-state index in [0.717, 1.165) is 28.1 Å². The first-order valence-corrected chi connectivity index (χ1v) is 9.44. The molecule has 140 valence electrons. The van der Waals surface area contributed by atoms with Crippen molar-refractivity contribution in [1.82, 2.24) is 4.90 Å². The molecule has 0 radical (unpaired) electrons. The number of benzene rings is 3. The second kappa shape index (κ2) is 7.48. The first kappa shape index (κ1) is 18.3. The SMILES string of the molecule is COc1ccc2ccccc2c1/C=C1/SC(=O)N(Cc2ccc(F)cc2)C1=O. The van der Waals surface area contributed by atoms with Crippen LogP contribution in [0.15, 0.2) is 65.6 Å². The Morgan fingerprint density at radius 1 is 1.04 bits per heavy atom. The van der Waals surface area contributed by atoms with Crippen molar-refractivity contribution in [3.63, 3.8) is 0 Å². The number of methoxy groups -OCH3 is 1. The Morgan fingerprint density at radius 2 is 1.79 bits per heavy atom. The van der Waals surface area contributed by atoms with Gasteiger partial charge in [0.2, 0.25) is 0 Å². The zero-order valence-corrected chi connectivity index (χ0v) is 15.8. The fraction of sp³-hybridized carbons (Fsp3) is 0.0909. The van der Waals surface area contributed by atoms with Crippen molar-refractivity contribution in [2.45, 2.75) is 6.54 Å². The molecule has 28 heavy (non-hydrogen) atoms. The number of ether oxygens (including phenoxy) is 1. The van der Waals surface area contributed by atoms with E-state index in [1.54, 1.807) is 25.3 Å². The molecule has 0 unspecified atom stereocenters. The maximum Gasteiger partial charge on any atom is 0.293 e. The highest BCUT2D eigenvalue weighted by Crippen LogP contribution is 2.37. The van der Waals surface area contributed by atoms with Gasteiger partial charge in [-0.15, -0.1) is 0 Å². The average molecular weight is 393 g/mol. The molecule has 2 amide bonds. The van der Waals surface area contributed by atoms with E-state index in [4.69, 9.17) is 4.74 Å². The molecule has 1 saturated heterocycles. The lowest BCUT2D eigenvalue weighted by atomic mass is 10.0. The number of halogens is 1. The van der Waals surface area contributed by atoms with Crippen molar-refractivity contribution in [3.05, 3.63) is 82.5 Å². The van der Waals surface area contributed by atoms with Gasteiger partial charge in [0.1, 0.15) is 11.6 Å². The van der Waals surface area contributed by atoms with Crippen LogP contribution in [0.1, 0.15) is 11.1 Å². The molecule has 0 spiro atoms. The number of nitrogens with zero attached hydrogens (tertiary/aromatic N) is 1. The molecule has 0 N–H and O–H groups in total. The Morgan fingerprint density at radius 3 is 2.54 bits per heavy atom. The minimum absolute atomic E-state index is 0.106. The third kappa shape index (κ3) is 3.39. The second-order valence-electron chi connectivity index (χ2n) is 6.30. The van der Waals surface area contributed by atoms with Crippen molar-refractivity contribution >= 4 is 39.8 Å². The number of amides is 2. The van der Waals surface area contributed by atoms with Crippen LogP contribution in [0.25, 0.3) is 16.8 Å². The lowest BCUT2D eigenvalue weighted by molar-refractivity contribution is -0.123. The van der Waals surface area contributed by atoms with Crippen LogP contribution >= 0.6 is 11.8 Å². The van der Waals surface area contributed by atoms with Crippen LogP contribution in [0, 0.1) is 5.82 Å². The van der Waals surface area contributed by atoms with Gasteiger partial charge in [-0.25, -0.2) is 4.39 Å². The Bertz CT molecular complexity index is 1110. The summed E-state index contributed by atoms with van der Waals surface area (Å²) in [5.41, 5.74) is 1.44. The molecule has 4 nitrogen and oxygen atoms in total. The maximum absolute atomic E-state index is 13.1. The number of fused-ring (bicyclic) bond motifs is 1. The Kier molecular flexibility index (Phi) is 4.88. The molecule has 1 fully saturated rings. The molecule has 4 rings (SSSR count). The van der Waals surface area contributed by atoms with Crippen molar-refractivity contribution < 1.29 is 18.7 Å². The zero-order valence-electron chi connectivity index (χ0n) is 15.0. The molecule has 1 heterocycles. The molecule has 0 aromatic heterocycles. The summed E-state index contributed by atoms with van der Waals surface area (Å²) in [5, 5.41) is 1.60. The molecular formula is C22H16FNO3S.